The molecule has 2 N–H and O–H groups in total. The summed E-state index contributed by atoms with van der Waals surface area (Å²) < 4.78 is 5.46. The minimum atomic E-state index is -1.02. The van der Waals surface area contributed by atoms with Gasteiger partial charge in [-0.05, 0) is 30.2 Å². The molecular formula is C14H16ClNO4. The first-order chi connectivity index (χ1) is 9.52. The molecule has 1 aromatic carbocycles. The molecule has 6 heteroatoms. The summed E-state index contributed by atoms with van der Waals surface area (Å²) in [6, 6.07) is 5.00. The highest BCUT2D eigenvalue weighted by Crippen LogP contribution is 2.26. The summed E-state index contributed by atoms with van der Waals surface area (Å²) >= 11 is 6.03. The fourth-order valence-corrected chi connectivity index (χ4v) is 1.69. The van der Waals surface area contributed by atoms with Gasteiger partial charge in [0.25, 0.3) is 0 Å². The fourth-order valence-electron chi connectivity index (χ4n) is 1.45. The van der Waals surface area contributed by atoms with Crippen LogP contribution < -0.4 is 10.1 Å². The summed E-state index contributed by atoms with van der Waals surface area (Å²) in [4.78, 5) is 21.4. The highest BCUT2D eigenvalue weighted by molar-refractivity contribution is 6.32. The Balaban J connectivity index is 2.51. The molecule has 1 rings (SSSR count). The number of carboxylic acid groups (broad SMARTS) is 1. The third-order valence-electron chi connectivity index (χ3n) is 2.46. The number of carbonyl (C=O) groups excluding carboxylic acids is 1. The molecule has 20 heavy (non-hydrogen) atoms. The summed E-state index contributed by atoms with van der Waals surface area (Å²) in [6.45, 7) is 0.386. The number of carboxylic acids is 1. The molecule has 0 unspecified atom stereocenters. The first-order valence-electron chi connectivity index (χ1n) is 6.07. The van der Waals surface area contributed by atoms with E-state index in [-0.39, 0.29) is 5.91 Å². The van der Waals surface area contributed by atoms with Gasteiger partial charge in [-0.2, -0.15) is 0 Å². The standard InChI is InChI=1S/C14H16ClNO4/c1-16-13(17)3-2-8-20-12-6-4-10(9-11(12)15)5-7-14(18)19/h4-7,9H,2-3,8H2,1H3,(H,16,17)(H,18,19). The van der Waals surface area contributed by atoms with E-state index in [0.717, 1.165) is 6.08 Å². The van der Waals surface area contributed by atoms with Crippen LogP contribution in [0.2, 0.25) is 5.02 Å². The summed E-state index contributed by atoms with van der Waals surface area (Å²) in [5, 5.41) is 11.5. The Morgan fingerprint density at radius 2 is 2.20 bits per heavy atom. The lowest BCUT2D eigenvalue weighted by Crippen LogP contribution is -2.18. The van der Waals surface area contributed by atoms with Gasteiger partial charge in [-0.3, -0.25) is 4.79 Å². The van der Waals surface area contributed by atoms with Crippen LogP contribution in [0.3, 0.4) is 0 Å². The molecule has 0 saturated heterocycles. The molecule has 0 aromatic heterocycles. The number of ether oxygens (including phenoxy) is 1. The van der Waals surface area contributed by atoms with Crippen molar-refractivity contribution in [2.45, 2.75) is 12.8 Å². The zero-order valence-electron chi connectivity index (χ0n) is 11.1. The van der Waals surface area contributed by atoms with Gasteiger partial charge in [0.15, 0.2) is 0 Å². The fraction of sp³-hybridized carbons (Fsp3) is 0.286. The Kier molecular flexibility index (Phi) is 6.59. The number of rotatable bonds is 7. The van der Waals surface area contributed by atoms with Crippen molar-refractivity contribution >= 4 is 29.6 Å². The van der Waals surface area contributed by atoms with E-state index in [0.29, 0.717) is 35.8 Å². The summed E-state index contributed by atoms with van der Waals surface area (Å²) in [5.41, 5.74) is 0.676. The van der Waals surface area contributed by atoms with Crippen molar-refractivity contribution in [3.05, 3.63) is 34.9 Å². The first kappa shape index (κ1) is 16.0. The Morgan fingerprint density at radius 3 is 2.80 bits per heavy atom. The number of hydrogen-bond acceptors (Lipinski definition) is 3. The molecule has 0 spiro atoms. The predicted molar refractivity (Wildman–Crippen MR) is 76.9 cm³/mol. The van der Waals surface area contributed by atoms with Crippen LogP contribution in [0, 0.1) is 0 Å². The molecule has 1 amide bonds. The van der Waals surface area contributed by atoms with E-state index in [2.05, 4.69) is 5.32 Å². The van der Waals surface area contributed by atoms with Crippen molar-refractivity contribution in [1.29, 1.82) is 0 Å². The van der Waals surface area contributed by atoms with Crippen LogP contribution in [0.15, 0.2) is 24.3 Å². The maximum Gasteiger partial charge on any atom is 0.328 e. The molecule has 0 heterocycles. The molecule has 5 nitrogen and oxygen atoms in total. The SMILES string of the molecule is CNC(=O)CCCOc1ccc(C=CC(=O)O)cc1Cl. The van der Waals surface area contributed by atoms with Crippen LogP contribution in [0.4, 0.5) is 0 Å². The second kappa shape index (κ2) is 8.22. The van der Waals surface area contributed by atoms with Crippen molar-refractivity contribution in [2.24, 2.45) is 0 Å². The average Bonchev–Trinajstić information content (AvgIpc) is 2.42. The lowest BCUT2D eigenvalue weighted by molar-refractivity contribution is -0.131. The number of amides is 1. The molecule has 0 bridgehead atoms. The minimum Gasteiger partial charge on any atom is -0.492 e. The second-order valence-electron chi connectivity index (χ2n) is 3.99. The van der Waals surface area contributed by atoms with Crippen LogP contribution in [-0.4, -0.2) is 30.6 Å². The van der Waals surface area contributed by atoms with Crippen LogP contribution in [-0.2, 0) is 9.59 Å². The summed E-state index contributed by atoms with van der Waals surface area (Å²) in [5.74, 6) is -0.541. The topological polar surface area (TPSA) is 75.6 Å². The van der Waals surface area contributed by atoms with E-state index in [1.165, 1.54) is 6.08 Å². The molecule has 0 fully saturated rings. The lowest BCUT2D eigenvalue weighted by Gasteiger charge is -2.08. The van der Waals surface area contributed by atoms with Crippen molar-refractivity contribution in [2.75, 3.05) is 13.7 Å². The van der Waals surface area contributed by atoms with Gasteiger partial charge in [0, 0.05) is 19.5 Å². The van der Waals surface area contributed by atoms with Gasteiger partial charge in [0.2, 0.25) is 5.91 Å². The zero-order chi connectivity index (χ0) is 15.0. The van der Waals surface area contributed by atoms with E-state index in [1.807, 2.05) is 0 Å². The van der Waals surface area contributed by atoms with Gasteiger partial charge >= 0.3 is 5.97 Å². The molecule has 0 aliphatic carbocycles. The van der Waals surface area contributed by atoms with Crippen molar-refractivity contribution in [1.82, 2.24) is 5.32 Å². The molecule has 0 aliphatic rings. The Morgan fingerprint density at radius 1 is 1.45 bits per heavy atom. The minimum absolute atomic E-state index is 0.0335. The Hall–Kier alpha value is -2.01. The highest BCUT2D eigenvalue weighted by atomic mass is 35.5. The van der Waals surface area contributed by atoms with Crippen molar-refractivity contribution in [3.63, 3.8) is 0 Å². The first-order valence-corrected chi connectivity index (χ1v) is 6.44. The molecule has 108 valence electrons. The van der Waals surface area contributed by atoms with Gasteiger partial charge in [0.05, 0.1) is 11.6 Å². The normalized spacial score (nSPS) is 10.5. The van der Waals surface area contributed by atoms with Gasteiger partial charge in [-0.15, -0.1) is 0 Å². The third-order valence-corrected chi connectivity index (χ3v) is 2.75. The zero-order valence-corrected chi connectivity index (χ0v) is 11.8. The van der Waals surface area contributed by atoms with E-state index in [4.69, 9.17) is 21.4 Å². The van der Waals surface area contributed by atoms with Crippen LogP contribution in [0.5, 0.6) is 5.75 Å². The maximum atomic E-state index is 11.0. The van der Waals surface area contributed by atoms with E-state index < -0.39 is 5.97 Å². The molecule has 0 aliphatic heterocycles. The molecule has 0 atom stereocenters. The Bertz CT molecular complexity index is 514. The number of hydrogen-bond donors (Lipinski definition) is 2. The van der Waals surface area contributed by atoms with Crippen LogP contribution in [0.1, 0.15) is 18.4 Å². The average molecular weight is 298 g/mol. The quantitative estimate of drug-likeness (QED) is 0.598. The highest BCUT2D eigenvalue weighted by Gasteiger charge is 2.03. The van der Waals surface area contributed by atoms with Gasteiger partial charge < -0.3 is 15.2 Å². The van der Waals surface area contributed by atoms with Crippen molar-refractivity contribution < 1.29 is 19.4 Å². The van der Waals surface area contributed by atoms with Gasteiger partial charge in [-0.25, -0.2) is 4.79 Å². The number of nitrogens with one attached hydrogen (secondary N) is 1. The van der Waals surface area contributed by atoms with Crippen molar-refractivity contribution in [3.8, 4) is 5.75 Å². The van der Waals surface area contributed by atoms with Crippen LogP contribution >= 0.6 is 11.6 Å². The van der Waals surface area contributed by atoms with E-state index in [9.17, 15) is 9.59 Å². The van der Waals surface area contributed by atoms with Gasteiger partial charge in [-0.1, -0.05) is 17.7 Å². The molecule has 1 aromatic rings. The number of benzene rings is 1. The summed E-state index contributed by atoms with van der Waals surface area (Å²) in [6.07, 6.45) is 3.48. The van der Waals surface area contributed by atoms with E-state index in [1.54, 1.807) is 25.2 Å². The predicted octanol–water partition coefficient (Wildman–Crippen LogP) is 2.34. The molecule has 0 saturated carbocycles. The van der Waals surface area contributed by atoms with Crippen LogP contribution in [0.25, 0.3) is 6.08 Å². The number of carbonyl (C=O) groups is 2. The monoisotopic (exact) mass is 297 g/mol. The van der Waals surface area contributed by atoms with E-state index >= 15 is 0 Å². The largest absolute Gasteiger partial charge is 0.492 e. The molecular weight excluding hydrogens is 282 g/mol. The summed E-state index contributed by atoms with van der Waals surface area (Å²) in [7, 11) is 1.59. The lowest BCUT2D eigenvalue weighted by atomic mass is 10.2. The maximum absolute atomic E-state index is 11.0. The van der Waals surface area contributed by atoms with Gasteiger partial charge in [0.1, 0.15) is 5.75 Å². The number of halogens is 1. The Labute approximate surface area is 122 Å². The third kappa shape index (κ3) is 5.75. The number of aliphatic carboxylic acids is 1. The second-order valence-corrected chi connectivity index (χ2v) is 4.39. The smallest absolute Gasteiger partial charge is 0.328 e. The molecule has 0 radical (unpaired) electrons.